The number of nitrogens with zero attached hydrogens (tertiary/aromatic N) is 1. The van der Waals surface area contributed by atoms with E-state index < -0.39 is 33.1 Å². The lowest BCUT2D eigenvalue weighted by atomic mass is 10.2. The van der Waals surface area contributed by atoms with Crippen LogP contribution in [0.5, 0.6) is 0 Å². The molecule has 8 heteroatoms. The third-order valence-electron chi connectivity index (χ3n) is 1.16. The Morgan fingerprint density at radius 2 is 1.73 bits per heavy atom. The third-order valence-corrected chi connectivity index (χ3v) is 1.16. The van der Waals surface area contributed by atoms with Crippen LogP contribution in [0, 0.1) is 0 Å². The molecule has 1 atom stereocenters. The summed E-state index contributed by atoms with van der Waals surface area (Å²) < 4.78 is 25.0. The van der Waals surface area contributed by atoms with Crippen LogP contribution in [0.25, 0.3) is 0 Å². The average Bonchev–Trinajstić information content (AvgIpc) is 1.76. The van der Waals surface area contributed by atoms with Crippen molar-refractivity contribution >= 4 is 5.97 Å². The number of carboxylic acids is 1. The van der Waals surface area contributed by atoms with E-state index in [1.165, 1.54) is 0 Å². The molecule has 0 heterocycles. The molecule has 2 N–H and O–H groups in total. The molecule has 0 saturated carbocycles. The maximum Gasteiger partial charge on any atom is 0.503 e. The summed E-state index contributed by atoms with van der Waals surface area (Å²) in [6.07, 6.45) is -1.09. The van der Waals surface area contributed by atoms with Gasteiger partial charge in [-0.3, -0.25) is 0 Å². The molecule has 7 nitrogen and oxygen atoms in total. The maximum atomic E-state index is 10.0. The number of likely N-dealkylation sites (N-methyl/N-ethyl adjacent to an activating group) is 1. The number of aliphatic carboxylic acids is 1. The molecule has 0 aliphatic carbocycles. The second kappa shape index (κ2) is 8.19. The summed E-state index contributed by atoms with van der Waals surface area (Å²) in [5, 5.41) is 19.1. The summed E-state index contributed by atoms with van der Waals surface area (Å²) >= 11 is -3.76. The standard InChI is InChI=1S/C7H15NO3.HIO3/c1-8(2,3)5-6(9)4-7(10)11;2-1(3)4/h6,9H,4-5H2,1-3H3;2H. The van der Waals surface area contributed by atoms with E-state index in [2.05, 4.69) is 0 Å². The molecule has 92 valence electrons. The highest BCUT2D eigenvalue weighted by Crippen LogP contribution is 1.97. The fraction of sp³-hybridized carbons (Fsp3) is 0.857. The van der Waals surface area contributed by atoms with E-state index in [9.17, 15) is 9.90 Å². The highest BCUT2D eigenvalue weighted by Gasteiger charge is 2.14. The van der Waals surface area contributed by atoms with Crippen molar-refractivity contribution in [3.05, 3.63) is 0 Å². The van der Waals surface area contributed by atoms with Crippen LogP contribution in [0.3, 0.4) is 0 Å². The van der Waals surface area contributed by atoms with Gasteiger partial charge in [-0.2, -0.15) is 0 Å². The molecule has 15 heavy (non-hydrogen) atoms. The van der Waals surface area contributed by atoms with E-state index in [1.54, 1.807) is 0 Å². The normalized spacial score (nSPS) is 13.1. The Kier molecular flexibility index (Phi) is 9.49. The molecule has 0 radical (unpaired) electrons. The van der Waals surface area contributed by atoms with Gasteiger partial charge in [-0.15, -0.1) is 0 Å². The maximum absolute atomic E-state index is 10.0. The van der Waals surface area contributed by atoms with Crippen molar-refractivity contribution < 1.29 is 50.9 Å². The summed E-state index contributed by atoms with van der Waals surface area (Å²) in [5.74, 6) is -1.20. The summed E-state index contributed by atoms with van der Waals surface area (Å²) in [6, 6.07) is 0. The predicted octanol–water partition coefficient (Wildman–Crippen LogP) is -7.74. The number of carboxylic acid groups (broad SMARTS) is 1. The van der Waals surface area contributed by atoms with Crippen LogP contribution in [-0.2, 0) is 4.79 Å². The fourth-order valence-corrected chi connectivity index (χ4v) is 0.889. The van der Waals surface area contributed by atoms with Gasteiger partial charge in [0.2, 0.25) is 0 Å². The Balaban J connectivity index is 0. The van der Waals surface area contributed by atoms with Gasteiger partial charge in [0, 0.05) is 12.4 Å². The summed E-state index contributed by atoms with van der Waals surface area (Å²) in [7, 11) is 5.66. The van der Waals surface area contributed by atoms with Crippen LogP contribution in [-0.4, -0.2) is 52.8 Å². The number of halogens is 1. The average molecular weight is 337 g/mol. The molecule has 0 aliphatic rings. The number of quaternary nitrogens is 1. The fourth-order valence-electron chi connectivity index (χ4n) is 0.889. The zero-order valence-corrected chi connectivity index (χ0v) is 11.0. The number of carbonyl (C=O) groups is 1. The molecule has 0 rings (SSSR count). The lowest BCUT2D eigenvalue weighted by molar-refractivity contribution is -1.63. The van der Waals surface area contributed by atoms with Crippen molar-refractivity contribution in [1.29, 1.82) is 0 Å². The molecule has 0 aromatic carbocycles. The topological polar surface area (TPSA) is 127 Å². The first-order chi connectivity index (χ1) is 6.54. The first-order valence-electron chi connectivity index (χ1n) is 3.97. The molecule has 0 fully saturated rings. The smallest absolute Gasteiger partial charge is 0.503 e. The van der Waals surface area contributed by atoms with Crippen LogP contribution >= 0.6 is 0 Å². The van der Waals surface area contributed by atoms with E-state index in [4.69, 9.17) is 15.4 Å². The third kappa shape index (κ3) is 24.9. The van der Waals surface area contributed by atoms with E-state index in [-0.39, 0.29) is 6.42 Å². The lowest BCUT2D eigenvalue weighted by Crippen LogP contribution is -3.98. The van der Waals surface area contributed by atoms with Crippen LogP contribution in [0.15, 0.2) is 0 Å². The highest BCUT2D eigenvalue weighted by molar-refractivity contribution is 5.64. The molecule has 0 saturated heterocycles. The molecule has 0 aromatic rings. The lowest BCUT2D eigenvalue weighted by Gasteiger charge is -2.26. The minimum absolute atomic E-state index is 0.282. The molecule has 0 amide bonds. The highest BCUT2D eigenvalue weighted by atomic mass is 127. The van der Waals surface area contributed by atoms with E-state index >= 15 is 0 Å². The molecule has 0 bridgehead atoms. The van der Waals surface area contributed by atoms with Gasteiger partial charge < -0.3 is 26.4 Å². The van der Waals surface area contributed by atoms with Gasteiger partial charge in [-0.25, -0.2) is 0 Å². The molecule has 0 aliphatic heterocycles. The summed E-state index contributed by atoms with van der Waals surface area (Å²) in [4.78, 5) is 10.0. The van der Waals surface area contributed by atoms with Crippen molar-refractivity contribution in [2.45, 2.75) is 12.5 Å². The molecule has 1 unspecified atom stereocenters. The van der Waals surface area contributed by atoms with E-state index in [1.807, 2.05) is 21.1 Å². The first kappa shape index (κ1) is 17.4. The monoisotopic (exact) mass is 337 g/mol. The molecular formula is C7H16INO6. The van der Waals surface area contributed by atoms with Crippen molar-refractivity contribution in [3.63, 3.8) is 0 Å². The van der Waals surface area contributed by atoms with Crippen molar-refractivity contribution in [3.8, 4) is 0 Å². The van der Waals surface area contributed by atoms with Crippen LogP contribution in [0.2, 0.25) is 0 Å². The Bertz CT molecular complexity index is 178. The minimum atomic E-state index is -3.76. The molecular weight excluding hydrogens is 321 g/mol. The zero-order valence-electron chi connectivity index (χ0n) is 8.84. The van der Waals surface area contributed by atoms with E-state index in [0.717, 1.165) is 0 Å². The Morgan fingerprint density at radius 1 is 1.40 bits per heavy atom. The SMILES string of the molecule is C[N+](C)(C)CC(O)CC(=O)[O-].[O-][I+2]([O-])O. The van der Waals surface area contributed by atoms with Gasteiger partial charge in [0.25, 0.3) is 0 Å². The van der Waals surface area contributed by atoms with Crippen LogP contribution < -0.4 is 33.0 Å². The number of rotatable bonds is 4. The second-order valence-corrected chi connectivity index (χ2v) is 5.05. The number of aliphatic hydroxyl groups is 1. The number of carbonyl (C=O) groups excluding carboxylic acids is 1. The Labute approximate surface area is 97.2 Å². The zero-order chi connectivity index (χ0) is 12.6. The predicted molar refractivity (Wildman–Crippen MR) is 40.7 cm³/mol. The van der Waals surface area contributed by atoms with Crippen LogP contribution in [0.1, 0.15) is 6.42 Å². The quantitative estimate of drug-likeness (QED) is 0.388. The van der Waals surface area contributed by atoms with Gasteiger partial charge in [-0.1, -0.05) is 0 Å². The minimum Gasteiger partial charge on any atom is -0.550 e. The molecule has 0 aromatic heterocycles. The van der Waals surface area contributed by atoms with E-state index in [0.29, 0.717) is 11.0 Å². The second-order valence-electron chi connectivity index (χ2n) is 3.90. The van der Waals surface area contributed by atoms with Gasteiger partial charge >= 0.3 is 21.1 Å². The number of aliphatic hydroxyl groups excluding tert-OH is 1. The molecule has 0 spiro atoms. The Morgan fingerprint density at radius 3 is 1.93 bits per heavy atom. The number of hydrogen-bond donors (Lipinski definition) is 2. The first-order valence-corrected chi connectivity index (χ1v) is 6.70. The summed E-state index contributed by atoms with van der Waals surface area (Å²) in [6.45, 7) is 0.425. The largest absolute Gasteiger partial charge is 0.550 e. The van der Waals surface area contributed by atoms with Crippen molar-refractivity contribution in [1.82, 2.24) is 0 Å². The van der Waals surface area contributed by atoms with Crippen molar-refractivity contribution in [2.75, 3.05) is 27.7 Å². The summed E-state index contributed by atoms with van der Waals surface area (Å²) in [5.41, 5.74) is 0. The van der Waals surface area contributed by atoms with Crippen LogP contribution in [0.4, 0.5) is 0 Å². The Hall–Kier alpha value is -0.000000000000000153. The van der Waals surface area contributed by atoms with Gasteiger partial charge in [0.15, 0.2) is 0 Å². The number of hydrogen-bond acceptors (Lipinski definition) is 6. The van der Waals surface area contributed by atoms with Gasteiger partial charge in [0.05, 0.1) is 21.1 Å². The van der Waals surface area contributed by atoms with Gasteiger partial charge in [-0.05, 0) is 3.44 Å². The van der Waals surface area contributed by atoms with Gasteiger partial charge in [0.1, 0.15) is 12.6 Å². The van der Waals surface area contributed by atoms with Crippen molar-refractivity contribution in [2.24, 2.45) is 0 Å².